The predicted molar refractivity (Wildman–Crippen MR) is 78.8 cm³/mol. The molecule has 0 spiro atoms. The zero-order valence-corrected chi connectivity index (χ0v) is 11.5. The number of ether oxygens (including phenoxy) is 1. The van der Waals surface area contributed by atoms with Gasteiger partial charge in [0.1, 0.15) is 0 Å². The summed E-state index contributed by atoms with van der Waals surface area (Å²) in [5.41, 5.74) is 5.19. The van der Waals surface area contributed by atoms with Crippen molar-refractivity contribution in [1.82, 2.24) is 9.55 Å². The highest BCUT2D eigenvalue weighted by Gasteiger charge is 2.20. The van der Waals surface area contributed by atoms with Gasteiger partial charge in [-0.05, 0) is 18.4 Å². The molecule has 0 saturated carbocycles. The fourth-order valence-electron chi connectivity index (χ4n) is 3.25. The molecular formula is C16H19N3O. The highest BCUT2D eigenvalue weighted by molar-refractivity contribution is 5.79. The minimum absolute atomic E-state index is 0.618. The van der Waals surface area contributed by atoms with Crippen LogP contribution in [0.1, 0.15) is 12.0 Å². The van der Waals surface area contributed by atoms with Crippen molar-refractivity contribution in [3.63, 3.8) is 0 Å². The molecule has 1 fully saturated rings. The van der Waals surface area contributed by atoms with Gasteiger partial charge in [0.2, 0.25) is 0 Å². The normalized spacial score (nSPS) is 20.9. The first-order valence-corrected chi connectivity index (χ1v) is 7.36. The lowest BCUT2D eigenvalue weighted by Gasteiger charge is -2.14. The van der Waals surface area contributed by atoms with Gasteiger partial charge in [-0.15, -0.1) is 0 Å². The minimum atomic E-state index is 0.618. The monoisotopic (exact) mass is 269 g/mol. The first-order valence-electron chi connectivity index (χ1n) is 7.36. The Balaban J connectivity index is 1.69. The van der Waals surface area contributed by atoms with Crippen molar-refractivity contribution in [3.05, 3.63) is 36.3 Å². The van der Waals surface area contributed by atoms with Crippen LogP contribution in [-0.2, 0) is 17.7 Å². The summed E-state index contributed by atoms with van der Waals surface area (Å²) in [6, 6.07) is 6.55. The first kappa shape index (κ1) is 12.0. The second-order valence-electron chi connectivity index (χ2n) is 5.68. The van der Waals surface area contributed by atoms with E-state index in [2.05, 4.69) is 33.1 Å². The van der Waals surface area contributed by atoms with Crippen LogP contribution in [0.25, 0.3) is 11.3 Å². The molecule has 0 radical (unpaired) electrons. The number of aromatic nitrogens is 2. The second-order valence-corrected chi connectivity index (χ2v) is 5.68. The topological polar surface area (TPSA) is 39.1 Å². The van der Waals surface area contributed by atoms with E-state index in [9.17, 15) is 0 Å². The van der Waals surface area contributed by atoms with Gasteiger partial charge in [-0.3, -0.25) is 0 Å². The average molecular weight is 269 g/mol. The van der Waals surface area contributed by atoms with Crippen LogP contribution in [0.4, 0.5) is 5.69 Å². The summed E-state index contributed by atoms with van der Waals surface area (Å²) in [5, 5.41) is 3.51. The van der Waals surface area contributed by atoms with E-state index in [0.29, 0.717) is 5.92 Å². The molecule has 2 aliphatic heterocycles. The van der Waals surface area contributed by atoms with Gasteiger partial charge < -0.3 is 14.6 Å². The number of para-hydroxylation sites is 1. The van der Waals surface area contributed by atoms with Crippen molar-refractivity contribution in [3.8, 4) is 11.3 Å². The van der Waals surface area contributed by atoms with E-state index in [-0.39, 0.29) is 0 Å². The Morgan fingerprint density at radius 2 is 2.40 bits per heavy atom. The molecule has 0 aliphatic carbocycles. The zero-order chi connectivity index (χ0) is 13.4. The minimum Gasteiger partial charge on any atom is -0.384 e. The molecule has 0 amide bonds. The van der Waals surface area contributed by atoms with Crippen LogP contribution in [0.2, 0.25) is 0 Å². The Labute approximate surface area is 118 Å². The number of hydrogen-bond donors (Lipinski definition) is 1. The van der Waals surface area contributed by atoms with E-state index in [0.717, 1.165) is 39.1 Å². The number of rotatable bonds is 3. The summed E-state index contributed by atoms with van der Waals surface area (Å²) < 4.78 is 7.75. The number of benzene rings is 1. The summed E-state index contributed by atoms with van der Waals surface area (Å²) in [7, 11) is 0. The maximum atomic E-state index is 5.48. The molecule has 2 aromatic rings. The third-order valence-electron chi connectivity index (χ3n) is 4.31. The Morgan fingerprint density at radius 1 is 1.40 bits per heavy atom. The standard InChI is InChI=1S/C16H19N3O/c1-2-13-4-6-18-16(13)14(3-1)15-8-17-11-19(15)9-12-5-7-20-10-12/h1-3,8,11-12,18H,4-7,9-10H2. The van der Waals surface area contributed by atoms with Gasteiger partial charge in [0, 0.05) is 36.9 Å². The van der Waals surface area contributed by atoms with Crippen molar-refractivity contribution in [2.75, 3.05) is 25.1 Å². The molecule has 3 heterocycles. The van der Waals surface area contributed by atoms with Gasteiger partial charge in [-0.1, -0.05) is 18.2 Å². The summed E-state index contributed by atoms with van der Waals surface area (Å²) in [6.07, 6.45) is 6.20. The van der Waals surface area contributed by atoms with Crippen molar-refractivity contribution in [2.45, 2.75) is 19.4 Å². The number of anilines is 1. The van der Waals surface area contributed by atoms with E-state index < -0.39 is 0 Å². The van der Waals surface area contributed by atoms with Crippen LogP contribution < -0.4 is 5.32 Å². The van der Waals surface area contributed by atoms with Crippen molar-refractivity contribution >= 4 is 5.69 Å². The number of imidazole rings is 1. The van der Waals surface area contributed by atoms with Gasteiger partial charge in [0.15, 0.2) is 0 Å². The van der Waals surface area contributed by atoms with Crippen molar-refractivity contribution in [1.29, 1.82) is 0 Å². The molecule has 2 aliphatic rings. The SMILES string of the molecule is c1cc2c(c(-c3cncn3CC3CCOC3)c1)NCC2. The summed E-state index contributed by atoms with van der Waals surface area (Å²) >= 11 is 0. The molecule has 1 saturated heterocycles. The molecule has 4 rings (SSSR count). The molecule has 1 atom stereocenters. The van der Waals surface area contributed by atoms with E-state index in [1.807, 2.05) is 12.5 Å². The molecular weight excluding hydrogens is 250 g/mol. The van der Waals surface area contributed by atoms with E-state index in [1.54, 1.807) is 0 Å². The summed E-state index contributed by atoms with van der Waals surface area (Å²) in [4.78, 5) is 4.36. The van der Waals surface area contributed by atoms with Crippen LogP contribution >= 0.6 is 0 Å². The zero-order valence-electron chi connectivity index (χ0n) is 11.5. The predicted octanol–water partition coefficient (Wildman–Crippen LogP) is 2.55. The third-order valence-corrected chi connectivity index (χ3v) is 4.31. The molecule has 4 heteroatoms. The quantitative estimate of drug-likeness (QED) is 0.930. The number of fused-ring (bicyclic) bond motifs is 1. The van der Waals surface area contributed by atoms with Gasteiger partial charge >= 0.3 is 0 Å². The fourth-order valence-corrected chi connectivity index (χ4v) is 3.25. The smallest absolute Gasteiger partial charge is 0.0951 e. The van der Waals surface area contributed by atoms with Gasteiger partial charge in [0.25, 0.3) is 0 Å². The Bertz CT molecular complexity index is 614. The van der Waals surface area contributed by atoms with Gasteiger partial charge in [-0.2, -0.15) is 0 Å². The molecule has 104 valence electrons. The number of hydrogen-bond acceptors (Lipinski definition) is 3. The summed E-state index contributed by atoms with van der Waals surface area (Å²) in [5.74, 6) is 0.618. The van der Waals surface area contributed by atoms with Gasteiger partial charge in [0.05, 0.1) is 24.8 Å². The van der Waals surface area contributed by atoms with Crippen LogP contribution in [-0.4, -0.2) is 29.3 Å². The van der Waals surface area contributed by atoms with E-state index >= 15 is 0 Å². The third kappa shape index (κ3) is 2.00. The fraction of sp³-hybridized carbons (Fsp3) is 0.438. The Morgan fingerprint density at radius 3 is 3.30 bits per heavy atom. The average Bonchev–Trinajstić information content (AvgIpc) is 3.19. The lowest BCUT2D eigenvalue weighted by molar-refractivity contribution is 0.182. The molecule has 0 bridgehead atoms. The van der Waals surface area contributed by atoms with Crippen LogP contribution in [0.15, 0.2) is 30.7 Å². The first-order chi connectivity index (χ1) is 9.92. The number of nitrogens with one attached hydrogen (secondary N) is 1. The summed E-state index contributed by atoms with van der Waals surface area (Å²) in [6.45, 7) is 3.82. The number of nitrogens with zero attached hydrogens (tertiary/aromatic N) is 2. The maximum Gasteiger partial charge on any atom is 0.0951 e. The van der Waals surface area contributed by atoms with E-state index in [1.165, 1.54) is 22.5 Å². The van der Waals surface area contributed by atoms with Crippen molar-refractivity contribution < 1.29 is 4.74 Å². The molecule has 1 aromatic carbocycles. The second kappa shape index (κ2) is 4.94. The molecule has 1 unspecified atom stereocenters. The Kier molecular flexibility index (Phi) is 2.96. The Hall–Kier alpha value is -1.81. The molecule has 1 N–H and O–H groups in total. The van der Waals surface area contributed by atoms with Crippen molar-refractivity contribution in [2.24, 2.45) is 5.92 Å². The van der Waals surface area contributed by atoms with E-state index in [4.69, 9.17) is 4.74 Å². The van der Waals surface area contributed by atoms with Crippen LogP contribution in [0.5, 0.6) is 0 Å². The largest absolute Gasteiger partial charge is 0.384 e. The lowest BCUT2D eigenvalue weighted by Crippen LogP contribution is -2.11. The van der Waals surface area contributed by atoms with Gasteiger partial charge in [-0.25, -0.2) is 4.98 Å². The lowest BCUT2D eigenvalue weighted by atomic mass is 10.0. The highest BCUT2D eigenvalue weighted by Crippen LogP contribution is 2.34. The highest BCUT2D eigenvalue weighted by atomic mass is 16.5. The van der Waals surface area contributed by atoms with Crippen LogP contribution in [0.3, 0.4) is 0 Å². The maximum absolute atomic E-state index is 5.48. The molecule has 4 nitrogen and oxygen atoms in total. The van der Waals surface area contributed by atoms with Crippen LogP contribution in [0, 0.1) is 5.92 Å². The molecule has 1 aromatic heterocycles. The molecule has 20 heavy (non-hydrogen) atoms.